The van der Waals surface area contributed by atoms with Crippen molar-refractivity contribution in [2.75, 3.05) is 7.11 Å². The van der Waals surface area contributed by atoms with Gasteiger partial charge in [0.15, 0.2) is 0 Å². The summed E-state index contributed by atoms with van der Waals surface area (Å²) in [6.07, 6.45) is 1.68. The van der Waals surface area contributed by atoms with Crippen LogP contribution in [0.4, 0.5) is 0 Å². The molecule has 1 heterocycles. The van der Waals surface area contributed by atoms with Crippen LogP contribution in [-0.2, 0) is 0 Å². The lowest BCUT2D eigenvalue weighted by Gasteiger charge is -2.14. The van der Waals surface area contributed by atoms with Crippen LogP contribution >= 0.6 is 0 Å². The number of H-pyrrole nitrogens is 1. The van der Waals surface area contributed by atoms with Gasteiger partial charge in [-0.15, -0.1) is 0 Å². The van der Waals surface area contributed by atoms with Crippen molar-refractivity contribution in [1.82, 2.24) is 4.98 Å². The van der Waals surface area contributed by atoms with E-state index in [1.54, 1.807) is 13.3 Å². The molecule has 4 heteroatoms. The number of benzene rings is 1. The van der Waals surface area contributed by atoms with Gasteiger partial charge in [-0.2, -0.15) is 5.26 Å². The SMILES string of the molecule is COc1cccc(-c2c(C(C)C)c[nH]c(=O)c2C#N)c1. The van der Waals surface area contributed by atoms with E-state index in [1.807, 2.05) is 44.2 Å². The molecule has 0 saturated heterocycles. The van der Waals surface area contributed by atoms with Crippen molar-refractivity contribution < 1.29 is 4.74 Å². The Morgan fingerprint density at radius 1 is 1.35 bits per heavy atom. The molecule has 0 saturated carbocycles. The fraction of sp³-hybridized carbons (Fsp3) is 0.250. The number of methoxy groups -OCH3 is 1. The van der Waals surface area contributed by atoms with E-state index < -0.39 is 0 Å². The minimum absolute atomic E-state index is 0.143. The van der Waals surface area contributed by atoms with Crippen LogP contribution in [0.15, 0.2) is 35.3 Å². The lowest BCUT2D eigenvalue weighted by Crippen LogP contribution is -2.13. The van der Waals surface area contributed by atoms with Gasteiger partial charge in [0.2, 0.25) is 0 Å². The predicted octanol–water partition coefficient (Wildman–Crippen LogP) is 3.05. The molecule has 0 aliphatic carbocycles. The number of rotatable bonds is 3. The molecule has 102 valence electrons. The largest absolute Gasteiger partial charge is 0.497 e. The molecule has 0 fully saturated rings. The molecule has 1 aromatic heterocycles. The Kier molecular flexibility index (Phi) is 3.90. The fourth-order valence-corrected chi connectivity index (χ4v) is 2.20. The quantitative estimate of drug-likeness (QED) is 0.930. The zero-order valence-corrected chi connectivity index (χ0v) is 11.7. The highest BCUT2D eigenvalue weighted by molar-refractivity contribution is 5.74. The number of aromatic amines is 1. The Morgan fingerprint density at radius 2 is 2.10 bits per heavy atom. The number of hydrogen-bond acceptors (Lipinski definition) is 3. The summed E-state index contributed by atoms with van der Waals surface area (Å²) in [5.74, 6) is 0.890. The van der Waals surface area contributed by atoms with Crippen LogP contribution in [0.3, 0.4) is 0 Å². The van der Waals surface area contributed by atoms with Crippen molar-refractivity contribution in [1.29, 1.82) is 5.26 Å². The van der Waals surface area contributed by atoms with Gasteiger partial charge >= 0.3 is 0 Å². The molecular weight excluding hydrogens is 252 g/mol. The van der Waals surface area contributed by atoms with E-state index in [1.165, 1.54) is 0 Å². The molecule has 0 aliphatic rings. The van der Waals surface area contributed by atoms with Crippen LogP contribution in [0.1, 0.15) is 30.9 Å². The number of ether oxygens (including phenoxy) is 1. The second kappa shape index (κ2) is 5.62. The summed E-state index contributed by atoms with van der Waals surface area (Å²) < 4.78 is 5.21. The maximum Gasteiger partial charge on any atom is 0.266 e. The van der Waals surface area contributed by atoms with Gasteiger partial charge in [0.25, 0.3) is 5.56 Å². The third kappa shape index (κ3) is 2.43. The van der Waals surface area contributed by atoms with E-state index in [0.717, 1.165) is 11.1 Å². The lowest BCUT2D eigenvalue weighted by atomic mass is 9.91. The Balaban J connectivity index is 2.80. The maximum absolute atomic E-state index is 11.9. The van der Waals surface area contributed by atoms with Crippen LogP contribution in [0.2, 0.25) is 0 Å². The number of nitrogens with zero attached hydrogens (tertiary/aromatic N) is 1. The van der Waals surface area contributed by atoms with Gasteiger partial charge in [0.1, 0.15) is 17.4 Å². The van der Waals surface area contributed by atoms with Crippen LogP contribution in [0.5, 0.6) is 5.75 Å². The van der Waals surface area contributed by atoms with E-state index in [0.29, 0.717) is 11.3 Å². The monoisotopic (exact) mass is 268 g/mol. The Hall–Kier alpha value is -2.54. The molecule has 1 N–H and O–H groups in total. The topological polar surface area (TPSA) is 65.9 Å². The normalized spacial score (nSPS) is 10.3. The maximum atomic E-state index is 11.9. The van der Waals surface area contributed by atoms with Gasteiger partial charge in [0, 0.05) is 11.8 Å². The van der Waals surface area contributed by atoms with Crippen molar-refractivity contribution in [3.05, 3.63) is 51.9 Å². The Labute approximate surface area is 117 Å². The summed E-state index contributed by atoms with van der Waals surface area (Å²) in [5.41, 5.74) is 2.22. The highest BCUT2D eigenvalue weighted by Gasteiger charge is 2.16. The summed E-state index contributed by atoms with van der Waals surface area (Å²) in [6, 6.07) is 9.40. The Bertz CT molecular complexity index is 724. The molecule has 4 nitrogen and oxygen atoms in total. The van der Waals surface area contributed by atoms with Gasteiger partial charge in [-0.25, -0.2) is 0 Å². The summed E-state index contributed by atoms with van der Waals surface area (Å²) in [5, 5.41) is 9.29. The van der Waals surface area contributed by atoms with Gasteiger partial charge in [0.05, 0.1) is 7.11 Å². The minimum atomic E-state index is -0.366. The first-order valence-corrected chi connectivity index (χ1v) is 6.38. The zero-order chi connectivity index (χ0) is 14.7. The summed E-state index contributed by atoms with van der Waals surface area (Å²) >= 11 is 0. The summed E-state index contributed by atoms with van der Waals surface area (Å²) in [7, 11) is 1.59. The molecule has 0 amide bonds. The number of hydrogen-bond donors (Lipinski definition) is 1. The first kappa shape index (κ1) is 13.9. The van der Waals surface area contributed by atoms with Gasteiger partial charge < -0.3 is 9.72 Å². The highest BCUT2D eigenvalue weighted by atomic mass is 16.5. The Morgan fingerprint density at radius 3 is 2.70 bits per heavy atom. The first-order valence-electron chi connectivity index (χ1n) is 6.38. The number of nitriles is 1. The van der Waals surface area contributed by atoms with Gasteiger partial charge in [-0.05, 0) is 29.2 Å². The van der Waals surface area contributed by atoms with Crippen molar-refractivity contribution in [3.63, 3.8) is 0 Å². The van der Waals surface area contributed by atoms with Gasteiger partial charge in [-0.1, -0.05) is 26.0 Å². The molecule has 0 unspecified atom stereocenters. The zero-order valence-electron chi connectivity index (χ0n) is 11.7. The molecule has 20 heavy (non-hydrogen) atoms. The molecule has 2 aromatic rings. The molecule has 0 aliphatic heterocycles. The average molecular weight is 268 g/mol. The molecule has 1 aromatic carbocycles. The van der Waals surface area contributed by atoms with Crippen LogP contribution in [0, 0.1) is 11.3 Å². The van der Waals surface area contributed by atoms with Crippen LogP contribution in [0.25, 0.3) is 11.1 Å². The van der Waals surface area contributed by atoms with Crippen LogP contribution < -0.4 is 10.3 Å². The molecule has 0 atom stereocenters. The molecule has 2 rings (SSSR count). The standard InChI is InChI=1S/C16H16N2O2/c1-10(2)14-9-18-16(19)13(8-17)15(14)11-5-4-6-12(7-11)20-3/h4-7,9-10H,1-3H3,(H,18,19). The van der Waals surface area contributed by atoms with E-state index in [9.17, 15) is 10.1 Å². The van der Waals surface area contributed by atoms with Crippen molar-refractivity contribution in [2.45, 2.75) is 19.8 Å². The minimum Gasteiger partial charge on any atom is -0.497 e. The lowest BCUT2D eigenvalue weighted by molar-refractivity contribution is 0.415. The third-order valence-corrected chi connectivity index (χ3v) is 3.22. The van der Waals surface area contributed by atoms with E-state index >= 15 is 0 Å². The fourth-order valence-electron chi connectivity index (χ4n) is 2.20. The second-order valence-electron chi connectivity index (χ2n) is 4.82. The molecule has 0 bridgehead atoms. The molecular formula is C16H16N2O2. The number of aromatic nitrogens is 1. The van der Waals surface area contributed by atoms with Crippen LogP contribution in [-0.4, -0.2) is 12.1 Å². The highest BCUT2D eigenvalue weighted by Crippen LogP contribution is 2.31. The summed E-state index contributed by atoms with van der Waals surface area (Å²) in [6.45, 7) is 4.05. The van der Waals surface area contributed by atoms with Gasteiger partial charge in [-0.3, -0.25) is 4.79 Å². The van der Waals surface area contributed by atoms with E-state index in [4.69, 9.17) is 4.74 Å². The van der Waals surface area contributed by atoms with E-state index in [-0.39, 0.29) is 17.0 Å². The summed E-state index contributed by atoms with van der Waals surface area (Å²) in [4.78, 5) is 14.5. The van der Waals surface area contributed by atoms with E-state index in [2.05, 4.69) is 4.98 Å². The third-order valence-electron chi connectivity index (χ3n) is 3.22. The number of nitrogens with one attached hydrogen (secondary N) is 1. The smallest absolute Gasteiger partial charge is 0.266 e. The van der Waals surface area contributed by atoms with Crippen molar-refractivity contribution >= 4 is 0 Å². The van der Waals surface area contributed by atoms with Crippen molar-refractivity contribution in [3.8, 4) is 22.9 Å². The second-order valence-corrected chi connectivity index (χ2v) is 4.82. The van der Waals surface area contributed by atoms with Crippen molar-refractivity contribution in [2.24, 2.45) is 0 Å². The first-order chi connectivity index (χ1) is 9.58. The number of pyridine rings is 1. The molecule has 0 spiro atoms. The molecule has 0 radical (unpaired) electrons. The average Bonchev–Trinajstić information content (AvgIpc) is 2.46. The predicted molar refractivity (Wildman–Crippen MR) is 77.9 cm³/mol.